The highest BCUT2D eigenvalue weighted by atomic mass is 16.5. The molecule has 0 aromatic carbocycles. The highest BCUT2D eigenvalue weighted by molar-refractivity contribution is 5.31. The Kier molecular flexibility index (Phi) is 4.30. The fourth-order valence-corrected chi connectivity index (χ4v) is 1.43. The zero-order valence-corrected chi connectivity index (χ0v) is 9.29. The highest BCUT2D eigenvalue weighted by Gasteiger charge is 2.06. The average Bonchev–Trinajstić information content (AvgIpc) is 2.17. The van der Waals surface area contributed by atoms with E-state index in [9.17, 15) is 0 Å². The molecule has 78 valence electrons. The minimum absolute atomic E-state index is 0.926. The number of allylic oxidation sites excluding steroid dienone is 2. The van der Waals surface area contributed by atoms with Gasteiger partial charge in [0.25, 0.3) is 0 Å². The van der Waals surface area contributed by atoms with Crippen molar-refractivity contribution in [1.29, 1.82) is 0 Å². The molecule has 0 unspecified atom stereocenters. The van der Waals surface area contributed by atoms with Crippen LogP contribution in [0.1, 0.15) is 19.8 Å². The molecule has 0 N–H and O–H groups in total. The Hall–Kier alpha value is -1.18. The van der Waals surface area contributed by atoms with Crippen molar-refractivity contribution in [3.8, 4) is 0 Å². The first-order chi connectivity index (χ1) is 6.76. The van der Waals surface area contributed by atoms with E-state index in [1.54, 1.807) is 7.11 Å². The third-order valence-electron chi connectivity index (χ3n) is 2.13. The van der Waals surface area contributed by atoms with Crippen LogP contribution in [0, 0.1) is 0 Å². The van der Waals surface area contributed by atoms with Gasteiger partial charge in [0.05, 0.1) is 7.11 Å². The van der Waals surface area contributed by atoms with Crippen LogP contribution >= 0.6 is 0 Å². The van der Waals surface area contributed by atoms with Gasteiger partial charge in [-0.2, -0.15) is 0 Å². The number of rotatable bonds is 4. The standard InChI is InChI=1S/C12H19NO/c1-4-5-6-7-11-8-12(14-3)10-13(2)9-11/h6-8,10H,4-5,9H2,1-3H3/b7-6+. The molecule has 0 amide bonds. The largest absolute Gasteiger partial charge is 0.495 e. The van der Waals surface area contributed by atoms with Gasteiger partial charge in [0.15, 0.2) is 0 Å². The van der Waals surface area contributed by atoms with Gasteiger partial charge in [-0.1, -0.05) is 25.5 Å². The third-order valence-corrected chi connectivity index (χ3v) is 2.13. The van der Waals surface area contributed by atoms with E-state index in [1.807, 2.05) is 6.20 Å². The molecule has 0 saturated carbocycles. The molecule has 0 atom stereocenters. The van der Waals surface area contributed by atoms with Gasteiger partial charge in [0, 0.05) is 19.8 Å². The van der Waals surface area contributed by atoms with Crippen LogP contribution in [0.4, 0.5) is 0 Å². The summed E-state index contributed by atoms with van der Waals surface area (Å²) in [5, 5.41) is 0. The molecular weight excluding hydrogens is 174 g/mol. The van der Waals surface area contributed by atoms with Gasteiger partial charge in [0.1, 0.15) is 5.76 Å². The lowest BCUT2D eigenvalue weighted by Crippen LogP contribution is -2.18. The van der Waals surface area contributed by atoms with Gasteiger partial charge in [-0.25, -0.2) is 0 Å². The first-order valence-corrected chi connectivity index (χ1v) is 5.09. The summed E-state index contributed by atoms with van der Waals surface area (Å²) in [4.78, 5) is 2.13. The SMILES string of the molecule is CCC/C=C/C1=CC(OC)=CN(C)C1. The number of hydrogen-bond acceptors (Lipinski definition) is 2. The van der Waals surface area contributed by atoms with Crippen molar-refractivity contribution in [2.75, 3.05) is 20.7 Å². The monoisotopic (exact) mass is 193 g/mol. The summed E-state index contributed by atoms with van der Waals surface area (Å²) in [6.07, 6.45) is 10.9. The van der Waals surface area contributed by atoms with Crippen molar-refractivity contribution in [3.63, 3.8) is 0 Å². The van der Waals surface area contributed by atoms with Crippen LogP contribution in [-0.2, 0) is 4.74 Å². The van der Waals surface area contributed by atoms with E-state index >= 15 is 0 Å². The zero-order valence-electron chi connectivity index (χ0n) is 9.29. The number of hydrogen-bond donors (Lipinski definition) is 0. The maximum absolute atomic E-state index is 5.21. The number of unbranched alkanes of at least 4 members (excludes halogenated alkanes) is 1. The van der Waals surface area contributed by atoms with Gasteiger partial charge in [-0.3, -0.25) is 0 Å². The van der Waals surface area contributed by atoms with E-state index in [0.717, 1.165) is 18.7 Å². The second-order valence-corrected chi connectivity index (χ2v) is 3.56. The first-order valence-electron chi connectivity index (χ1n) is 5.09. The van der Waals surface area contributed by atoms with E-state index in [0.29, 0.717) is 0 Å². The van der Waals surface area contributed by atoms with Crippen LogP contribution in [0.3, 0.4) is 0 Å². The Labute approximate surface area is 86.6 Å². The van der Waals surface area contributed by atoms with E-state index in [1.165, 1.54) is 12.0 Å². The van der Waals surface area contributed by atoms with Crippen LogP contribution in [-0.4, -0.2) is 25.6 Å². The Morgan fingerprint density at radius 1 is 1.57 bits per heavy atom. The average molecular weight is 193 g/mol. The summed E-state index contributed by atoms with van der Waals surface area (Å²) < 4.78 is 5.21. The summed E-state index contributed by atoms with van der Waals surface area (Å²) in [7, 11) is 3.76. The zero-order chi connectivity index (χ0) is 10.4. The quantitative estimate of drug-likeness (QED) is 0.680. The van der Waals surface area contributed by atoms with Crippen LogP contribution in [0.2, 0.25) is 0 Å². The molecule has 1 rings (SSSR count). The molecule has 0 spiro atoms. The van der Waals surface area contributed by atoms with Gasteiger partial charge in [-0.05, 0) is 18.1 Å². The number of nitrogens with zero attached hydrogens (tertiary/aromatic N) is 1. The molecule has 0 bridgehead atoms. The molecule has 0 saturated heterocycles. The Morgan fingerprint density at radius 2 is 2.36 bits per heavy atom. The normalized spacial score (nSPS) is 16.9. The van der Waals surface area contributed by atoms with E-state index in [-0.39, 0.29) is 0 Å². The van der Waals surface area contributed by atoms with Crippen molar-refractivity contribution < 1.29 is 4.74 Å². The van der Waals surface area contributed by atoms with Crippen molar-refractivity contribution in [2.24, 2.45) is 0 Å². The summed E-state index contributed by atoms with van der Waals surface area (Å²) in [5.74, 6) is 0.926. The molecule has 2 nitrogen and oxygen atoms in total. The molecule has 1 aliphatic heterocycles. The maximum Gasteiger partial charge on any atom is 0.135 e. The van der Waals surface area contributed by atoms with Crippen LogP contribution in [0.5, 0.6) is 0 Å². The predicted octanol–water partition coefficient (Wildman–Crippen LogP) is 2.70. The fourth-order valence-electron chi connectivity index (χ4n) is 1.43. The van der Waals surface area contributed by atoms with E-state index < -0.39 is 0 Å². The van der Waals surface area contributed by atoms with Gasteiger partial charge < -0.3 is 9.64 Å². The summed E-state index contributed by atoms with van der Waals surface area (Å²) in [6, 6.07) is 0. The van der Waals surface area contributed by atoms with Crippen molar-refractivity contribution in [2.45, 2.75) is 19.8 Å². The minimum atomic E-state index is 0.926. The van der Waals surface area contributed by atoms with E-state index in [4.69, 9.17) is 4.74 Å². The number of ether oxygens (including phenoxy) is 1. The lowest BCUT2D eigenvalue weighted by Gasteiger charge is -2.20. The smallest absolute Gasteiger partial charge is 0.135 e. The maximum atomic E-state index is 5.21. The lowest BCUT2D eigenvalue weighted by atomic mass is 10.1. The Morgan fingerprint density at radius 3 is 3.00 bits per heavy atom. The van der Waals surface area contributed by atoms with Gasteiger partial charge >= 0.3 is 0 Å². The lowest BCUT2D eigenvalue weighted by molar-refractivity contribution is 0.288. The van der Waals surface area contributed by atoms with Crippen molar-refractivity contribution in [1.82, 2.24) is 4.90 Å². The minimum Gasteiger partial charge on any atom is -0.495 e. The molecule has 0 fully saturated rings. The van der Waals surface area contributed by atoms with Crippen LogP contribution < -0.4 is 0 Å². The van der Waals surface area contributed by atoms with Gasteiger partial charge in [-0.15, -0.1) is 0 Å². The van der Waals surface area contributed by atoms with Crippen molar-refractivity contribution >= 4 is 0 Å². The molecule has 0 aliphatic carbocycles. The Balaban J connectivity index is 2.61. The summed E-state index contributed by atoms with van der Waals surface area (Å²) >= 11 is 0. The molecule has 0 radical (unpaired) electrons. The van der Waals surface area contributed by atoms with E-state index in [2.05, 4.69) is 37.1 Å². The number of likely N-dealkylation sites (N-methyl/N-ethyl adjacent to an activating group) is 1. The molecular formula is C12H19NO. The molecule has 1 aliphatic rings. The van der Waals surface area contributed by atoms with Crippen molar-refractivity contribution in [3.05, 3.63) is 35.8 Å². The predicted molar refractivity (Wildman–Crippen MR) is 59.9 cm³/mol. The first kappa shape index (κ1) is 10.9. The molecule has 0 aromatic rings. The molecule has 1 heterocycles. The fraction of sp³-hybridized carbons (Fsp3) is 0.500. The highest BCUT2D eigenvalue weighted by Crippen LogP contribution is 2.13. The molecule has 14 heavy (non-hydrogen) atoms. The number of methoxy groups -OCH3 is 1. The van der Waals surface area contributed by atoms with Gasteiger partial charge in [0.2, 0.25) is 0 Å². The second kappa shape index (κ2) is 5.53. The molecule has 2 heteroatoms. The summed E-state index contributed by atoms with van der Waals surface area (Å²) in [5.41, 5.74) is 1.31. The second-order valence-electron chi connectivity index (χ2n) is 3.56. The summed E-state index contributed by atoms with van der Waals surface area (Å²) in [6.45, 7) is 3.15. The van der Waals surface area contributed by atoms with Crippen LogP contribution in [0.25, 0.3) is 0 Å². The topological polar surface area (TPSA) is 12.5 Å². The van der Waals surface area contributed by atoms with Crippen LogP contribution in [0.15, 0.2) is 35.8 Å². The Bertz CT molecular complexity index is 263. The third kappa shape index (κ3) is 3.29. The molecule has 0 aromatic heterocycles.